The number of aromatic nitrogens is 3. The average Bonchev–Trinajstić information content (AvgIpc) is 3.24. The van der Waals surface area contributed by atoms with Crippen molar-refractivity contribution in [1.82, 2.24) is 15.0 Å². The van der Waals surface area contributed by atoms with Crippen LogP contribution in [0.5, 0.6) is 0 Å². The molecule has 0 unspecified atom stereocenters. The van der Waals surface area contributed by atoms with Gasteiger partial charge in [0.25, 0.3) is 0 Å². The van der Waals surface area contributed by atoms with E-state index in [-0.39, 0.29) is 23.8 Å². The summed E-state index contributed by atoms with van der Waals surface area (Å²) in [7, 11) is 0. The number of nitrogens with one attached hydrogen (secondary N) is 2. The Bertz CT molecular complexity index is 1180. The van der Waals surface area contributed by atoms with Crippen molar-refractivity contribution in [2.45, 2.75) is 13.8 Å². The van der Waals surface area contributed by atoms with Gasteiger partial charge in [0, 0.05) is 29.0 Å². The number of H-pyrrole nitrogens is 1. The third kappa shape index (κ3) is 3.60. The van der Waals surface area contributed by atoms with E-state index in [0.717, 1.165) is 16.6 Å². The lowest BCUT2D eigenvalue weighted by molar-refractivity contribution is -0.139. The van der Waals surface area contributed by atoms with E-state index in [1.165, 1.54) is 0 Å². The van der Waals surface area contributed by atoms with Gasteiger partial charge in [-0.05, 0) is 44.2 Å². The fraction of sp³-hybridized carbons (Fsp3) is 0.143. The summed E-state index contributed by atoms with van der Waals surface area (Å²) in [5, 5.41) is 3.74. The molecule has 2 N–H and O–H groups in total. The number of hydrogen-bond donors (Lipinski definition) is 2. The molecule has 1 aliphatic heterocycles. The maximum Gasteiger partial charge on any atom is 0.347 e. The van der Waals surface area contributed by atoms with Crippen LogP contribution < -0.4 is 5.32 Å². The van der Waals surface area contributed by atoms with Crippen LogP contribution in [0.15, 0.2) is 59.9 Å². The minimum atomic E-state index is -0.753. The number of carbonyl (C=O) groups excluding carboxylic acids is 2. The Hall–Kier alpha value is -3.94. The normalized spacial score (nSPS) is 15.1. The molecule has 3 aromatic heterocycles. The molecule has 0 aromatic carbocycles. The maximum absolute atomic E-state index is 12.9. The average molecular weight is 390 g/mol. The number of nitrogens with zero attached hydrogens (tertiary/aromatic N) is 2. The number of aromatic amines is 1. The smallest absolute Gasteiger partial charge is 0.347 e. The van der Waals surface area contributed by atoms with Crippen LogP contribution in [-0.2, 0) is 19.1 Å². The molecule has 0 bridgehead atoms. The van der Waals surface area contributed by atoms with Crippen LogP contribution in [0.25, 0.3) is 17.1 Å². The van der Waals surface area contributed by atoms with Crippen molar-refractivity contribution in [2.24, 2.45) is 0 Å². The van der Waals surface area contributed by atoms with Gasteiger partial charge in [-0.2, -0.15) is 0 Å². The Kier molecular flexibility index (Phi) is 4.82. The number of anilines is 1. The van der Waals surface area contributed by atoms with Crippen molar-refractivity contribution in [1.29, 1.82) is 0 Å². The van der Waals surface area contributed by atoms with Crippen molar-refractivity contribution >= 4 is 34.7 Å². The summed E-state index contributed by atoms with van der Waals surface area (Å²) in [6.45, 7) is 3.64. The summed E-state index contributed by atoms with van der Waals surface area (Å²) < 4.78 is 10.8. The molecule has 4 heterocycles. The largest absolute Gasteiger partial charge is 0.462 e. The summed E-state index contributed by atoms with van der Waals surface area (Å²) >= 11 is 0. The highest BCUT2D eigenvalue weighted by Crippen LogP contribution is 2.29. The lowest BCUT2D eigenvalue weighted by Crippen LogP contribution is -2.16. The quantitative estimate of drug-likeness (QED) is 0.392. The number of hydrogen-bond acceptors (Lipinski definition) is 7. The van der Waals surface area contributed by atoms with E-state index in [0.29, 0.717) is 11.5 Å². The van der Waals surface area contributed by atoms with Crippen LogP contribution in [0.4, 0.5) is 5.82 Å². The number of rotatable bonds is 5. The number of Topliss-reactive ketones (excluding diaryl/α,β-unsaturated/α-hetero) is 1. The monoisotopic (exact) mass is 390 g/mol. The Morgan fingerprint density at radius 3 is 2.97 bits per heavy atom. The van der Waals surface area contributed by atoms with Crippen LogP contribution in [0, 0.1) is 6.92 Å². The Morgan fingerprint density at radius 2 is 2.17 bits per heavy atom. The summed E-state index contributed by atoms with van der Waals surface area (Å²) in [6, 6.07) is 9.03. The SMILES string of the molecule is CCOC(=O)C1=C(Nc2cccc(C)n2)OC(=Cc2c[nH]c3ncccc23)C1=O. The van der Waals surface area contributed by atoms with E-state index in [9.17, 15) is 9.59 Å². The summed E-state index contributed by atoms with van der Waals surface area (Å²) in [5.74, 6) is -0.857. The number of pyridine rings is 2. The van der Waals surface area contributed by atoms with Crippen LogP contribution in [0.3, 0.4) is 0 Å². The molecule has 1 aliphatic rings. The van der Waals surface area contributed by atoms with Gasteiger partial charge in [-0.3, -0.25) is 4.79 Å². The van der Waals surface area contributed by atoms with E-state index in [1.807, 2.05) is 25.1 Å². The van der Waals surface area contributed by atoms with Crippen molar-refractivity contribution in [3.05, 3.63) is 71.2 Å². The lowest BCUT2D eigenvalue weighted by Gasteiger charge is -2.08. The molecule has 8 nitrogen and oxygen atoms in total. The number of ketones is 1. The highest BCUT2D eigenvalue weighted by molar-refractivity contribution is 6.26. The molecular formula is C21H18N4O4. The summed E-state index contributed by atoms with van der Waals surface area (Å²) in [5.41, 5.74) is 1.99. The first-order valence-electron chi connectivity index (χ1n) is 9.05. The van der Waals surface area contributed by atoms with Gasteiger partial charge in [-0.15, -0.1) is 0 Å². The van der Waals surface area contributed by atoms with Crippen molar-refractivity contribution in [3.63, 3.8) is 0 Å². The molecule has 4 rings (SSSR count). The first kappa shape index (κ1) is 18.4. The number of fused-ring (bicyclic) bond motifs is 1. The van der Waals surface area contributed by atoms with E-state index in [2.05, 4.69) is 20.3 Å². The van der Waals surface area contributed by atoms with Gasteiger partial charge < -0.3 is 19.8 Å². The number of esters is 1. The molecule has 0 atom stereocenters. The van der Waals surface area contributed by atoms with E-state index in [4.69, 9.17) is 9.47 Å². The molecular weight excluding hydrogens is 372 g/mol. The summed E-state index contributed by atoms with van der Waals surface area (Å²) in [4.78, 5) is 36.9. The van der Waals surface area contributed by atoms with Crippen LogP contribution in [0.1, 0.15) is 18.2 Å². The van der Waals surface area contributed by atoms with Gasteiger partial charge in [0.2, 0.25) is 11.7 Å². The number of aryl methyl sites for hydroxylation is 1. The van der Waals surface area contributed by atoms with E-state index in [1.54, 1.807) is 37.5 Å². The summed E-state index contributed by atoms with van der Waals surface area (Å²) in [6.07, 6.45) is 4.96. The zero-order valence-corrected chi connectivity index (χ0v) is 15.9. The molecule has 0 saturated carbocycles. The second kappa shape index (κ2) is 7.59. The number of allylic oxidation sites excluding steroid dienone is 1. The zero-order valence-electron chi connectivity index (χ0n) is 15.9. The molecule has 8 heteroatoms. The molecule has 146 valence electrons. The Balaban J connectivity index is 1.71. The number of carbonyl (C=O) groups is 2. The molecule has 0 radical (unpaired) electrons. The first-order valence-corrected chi connectivity index (χ1v) is 9.05. The van der Waals surface area contributed by atoms with Crippen LogP contribution in [-0.4, -0.2) is 33.3 Å². The van der Waals surface area contributed by atoms with Crippen molar-refractivity contribution in [3.8, 4) is 0 Å². The fourth-order valence-corrected chi connectivity index (χ4v) is 2.97. The topological polar surface area (TPSA) is 106 Å². The minimum absolute atomic E-state index is 0.00392. The van der Waals surface area contributed by atoms with Crippen LogP contribution in [0.2, 0.25) is 0 Å². The molecule has 0 aliphatic carbocycles. The molecule has 0 fully saturated rings. The van der Waals surface area contributed by atoms with Gasteiger partial charge >= 0.3 is 5.97 Å². The third-order valence-corrected chi connectivity index (χ3v) is 4.27. The number of ether oxygens (including phenoxy) is 2. The van der Waals surface area contributed by atoms with E-state index >= 15 is 0 Å². The minimum Gasteiger partial charge on any atom is -0.462 e. The van der Waals surface area contributed by atoms with Gasteiger partial charge in [0.1, 0.15) is 11.5 Å². The third-order valence-electron chi connectivity index (χ3n) is 4.27. The molecule has 0 saturated heterocycles. The fourth-order valence-electron chi connectivity index (χ4n) is 2.97. The predicted octanol–water partition coefficient (Wildman–Crippen LogP) is 3.09. The van der Waals surface area contributed by atoms with Crippen molar-refractivity contribution in [2.75, 3.05) is 11.9 Å². The lowest BCUT2D eigenvalue weighted by atomic mass is 10.1. The van der Waals surface area contributed by atoms with Crippen molar-refractivity contribution < 1.29 is 19.1 Å². The molecule has 0 amide bonds. The highest BCUT2D eigenvalue weighted by atomic mass is 16.5. The molecule has 3 aromatic rings. The van der Waals surface area contributed by atoms with Crippen LogP contribution >= 0.6 is 0 Å². The Labute approximate surface area is 166 Å². The van der Waals surface area contributed by atoms with Gasteiger partial charge in [-0.25, -0.2) is 14.8 Å². The second-order valence-corrected chi connectivity index (χ2v) is 6.30. The van der Waals surface area contributed by atoms with Gasteiger partial charge in [-0.1, -0.05) is 6.07 Å². The second-order valence-electron chi connectivity index (χ2n) is 6.30. The molecule has 0 spiro atoms. The Morgan fingerprint density at radius 1 is 1.31 bits per heavy atom. The van der Waals surface area contributed by atoms with Gasteiger partial charge in [0.15, 0.2) is 11.3 Å². The zero-order chi connectivity index (χ0) is 20.4. The highest BCUT2D eigenvalue weighted by Gasteiger charge is 2.37. The standard InChI is InChI=1S/C21H18N4O4/c1-3-28-21(27)17-18(26)15(10-13-11-23-19-14(13)7-5-9-22-19)29-20(17)25-16-8-4-6-12(2)24-16/h4-11H,3H2,1-2H3,(H,22,23)(H,24,25). The maximum atomic E-state index is 12.9. The van der Waals surface area contributed by atoms with Gasteiger partial charge in [0.05, 0.1) is 6.61 Å². The van der Waals surface area contributed by atoms with E-state index < -0.39 is 11.8 Å². The predicted molar refractivity (Wildman–Crippen MR) is 106 cm³/mol. The first-order chi connectivity index (χ1) is 14.1. The molecule has 29 heavy (non-hydrogen) atoms.